The van der Waals surface area contributed by atoms with Crippen molar-refractivity contribution in [2.45, 2.75) is 64.1 Å². The van der Waals surface area contributed by atoms with Crippen LogP contribution in [0.15, 0.2) is 42.5 Å². The summed E-state index contributed by atoms with van der Waals surface area (Å²) in [7, 11) is 0. The lowest BCUT2D eigenvalue weighted by Crippen LogP contribution is -2.43. The highest BCUT2D eigenvalue weighted by Gasteiger charge is 2.38. The first-order valence-corrected chi connectivity index (χ1v) is 10.9. The first kappa shape index (κ1) is 22.4. The van der Waals surface area contributed by atoms with Gasteiger partial charge >= 0.3 is 5.97 Å². The van der Waals surface area contributed by atoms with Crippen LogP contribution in [0.25, 0.3) is 0 Å². The van der Waals surface area contributed by atoms with Gasteiger partial charge < -0.3 is 15.3 Å². The van der Waals surface area contributed by atoms with Crippen molar-refractivity contribution in [1.29, 1.82) is 0 Å². The van der Waals surface area contributed by atoms with Crippen LogP contribution in [0.3, 0.4) is 0 Å². The Morgan fingerprint density at radius 1 is 1.30 bits per heavy atom. The zero-order chi connectivity index (χ0) is 21.9. The van der Waals surface area contributed by atoms with Gasteiger partial charge in [-0.15, -0.1) is 0 Å². The number of rotatable bonds is 8. The molecular formula is C24H30ClFN2O2. The average Bonchev–Trinajstić information content (AvgIpc) is 3.18. The third kappa shape index (κ3) is 5.25. The number of carboxylic acids is 1. The molecule has 2 aromatic carbocycles. The summed E-state index contributed by atoms with van der Waals surface area (Å²) in [5.74, 6) is -0.883. The fourth-order valence-corrected chi connectivity index (χ4v) is 4.45. The molecule has 0 aliphatic carbocycles. The minimum atomic E-state index is -1.32. The lowest BCUT2D eigenvalue weighted by molar-refractivity contribution is -0.137. The highest BCUT2D eigenvalue weighted by Crippen LogP contribution is 2.40. The van der Waals surface area contributed by atoms with Gasteiger partial charge in [0.2, 0.25) is 0 Å². The van der Waals surface area contributed by atoms with E-state index in [1.807, 2.05) is 49.4 Å². The van der Waals surface area contributed by atoms with Crippen LogP contribution < -0.4 is 10.2 Å². The van der Waals surface area contributed by atoms with Crippen LogP contribution in [0, 0.1) is 0 Å². The summed E-state index contributed by atoms with van der Waals surface area (Å²) in [6.45, 7) is 6.06. The maximum absolute atomic E-state index is 14.9. The summed E-state index contributed by atoms with van der Waals surface area (Å²) < 4.78 is 14.9. The average molecular weight is 433 g/mol. The highest BCUT2D eigenvalue weighted by atomic mass is 35.5. The molecule has 2 N–H and O–H groups in total. The Balaban J connectivity index is 2.02. The number of hydrogen-bond donors (Lipinski definition) is 2. The summed E-state index contributed by atoms with van der Waals surface area (Å²) in [5, 5.41) is 13.4. The monoisotopic (exact) mass is 432 g/mol. The van der Waals surface area contributed by atoms with E-state index in [9.17, 15) is 14.3 Å². The van der Waals surface area contributed by atoms with Gasteiger partial charge in [0.25, 0.3) is 0 Å². The first-order valence-electron chi connectivity index (χ1n) is 10.5. The molecule has 2 atom stereocenters. The SMILES string of the molecule is CCC(CC(=O)O)c1ccc(N2CCC[C@H]2C(C)(C)F)c(Nc2ccc(Cl)cc2)c1. The molecule has 6 heteroatoms. The number of nitrogens with zero attached hydrogens (tertiary/aromatic N) is 1. The molecule has 1 aliphatic heterocycles. The van der Waals surface area contributed by atoms with Crippen LogP contribution in [0.5, 0.6) is 0 Å². The van der Waals surface area contributed by atoms with E-state index in [1.165, 1.54) is 0 Å². The maximum Gasteiger partial charge on any atom is 0.303 e. The molecule has 1 unspecified atom stereocenters. The van der Waals surface area contributed by atoms with E-state index in [4.69, 9.17) is 11.6 Å². The number of benzene rings is 2. The van der Waals surface area contributed by atoms with Crippen molar-refractivity contribution in [2.24, 2.45) is 0 Å². The highest BCUT2D eigenvalue weighted by molar-refractivity contribution is 6.30. The number of aliphatic carboxylic acids is 1. The largest absolute Gasteiger partial charge is 0.481 e. The van der Waals surface area contributed by atoms with Gasteiger partial charge in [0.1, 0.15) is 5.67 Å². The molecule has 0 bridgehead atoms. The molecule has 0 saturated carbocycles. The number of carboxylic acid groups (broad SMARTS) is 1. The predicted octanol–water partition coefficient (Wildman–Crippen LogP) is 6.77. The molecule has 4 nitrogen and oxygen atoms in total. The zero-order valence-corrected chi connectivity index (χ0v) is 18.5. The third-order valence-electron chi connectivity index (χ3n) is 5.88. The van der Waals surface area contributed by atoms with Crippen molar-refractivity contribution in [1.82, 2.24) is 0 Å². The quantitative estimate of drug-likeness (QED) is 0.483. The molecule has 3 rings (SSSR count). The molecule has 0 amide bonds. The van der Waals surface area contributed by atoms with Crippen molar-refractivity contribution in [3.63, 3.8) is 0 Å². The fraction of sp³-hybridized carbons (Fsp3) is 0.458. The van der Waals surface area contributed by atoms with Crippen LogP contribution in [-0.2, 0) is 4.79 Å². The van der Waals surface area contributed by atoms with Crippen LogP contribution in [-0.4, -0.2) is 29.3 Å². The molecule has 162 valence electrons. The third-order valence-corrected chi connectivity index (χ3v) is 6.14. The lowest BCUT2D eigenvalue weighted by atomic mass is 9.92. The molecule has 2 aromatic rings. The molecule has 0 aromatic heterocycles. The molecule has 0 spiro atoms. The van der Waals surface area contributed by atoms with Crippen LogP contribution in [0.1, 0.15) is 57.9 Å². The van der Waals surface area contributed by atoms with Crippen molar-refractivity contribution in [3.8, 4) is 0 Å². The number of alkyl halides is 1. The van der Waals surface area contributed by atoms with E-state index in [0.29, 0.717) is 5.02 Å². The second kappa shape index (κ2) is 9.25. The smallest absolute Gasteiger partial charge is 0.303 e. The standard InChI is InChI=1S/C24H30ClFN2O2/c1-4-16(15-23(29)30)17-7-12-21(28-13-5-6-22(28)24(2,3)26)20(14-17)27-19-10-8-18(25)9-11-19/h7-12,14,16,22,27H,4-6,13,15H2,1-3H3,(H,29,30)/t16?,22-/m0/s1. The van der Waals surface area contributed by atoms with Gasteiger partial charge in [-0.3, -0.25) is 4.79 Å². The van der Waals surface area contributed by atoms with Gasteiger partial charge in [-0.05, 0) is 81.0 Å². The van der Waals surface area contributed by atoms with E-state index >= 15 is 0 Å². The number of nitrogens with one attached hydrogen (secondary N) is 1. The number of hydrogen-bond acceptors (Lipinski definition) is 3. The van der Waals surface area contributed by atoms with E-state index in [1.54, 1.807) is 13.8 Å². The minimum absolute atomic E-state index is 0.0747. The van der Waals surface area contributed by atoms with Gasteiger partial charge in [0, 0.05) is 17.3 Å². The van der Waals surface area contributed by atoms with Gasteiger partial charge in [-0.25, -0.2) is 4.39 Å². The van der Waals surface area contributed by atoms with Crippen molar-refractivity contribution in [2.75, 3.05) is 16.8 Å². The second-order valence-corrected chi connectivity index (χ2v) is 8.96. The summed E-state index contributed by atoms with van der Waals surface area (Å²) in [5.41, 5.74) is 2.32. The summed E-state index contributed by atoms with van der Waals surface area (Å²) in [6.07, 6.45) is 2.56. The molecule has 0 radical (unpaired) electrons. The van der Waals surface area contributed by atoms with E-state index in [-0.39, 0.29) is 18.4 Å². The maximum atomic E-state index is 14.9. The molecule has 1 heterocycles. The molecular weight excluding hydrogens is 403 g/mol. The Morgan fingerprint density at radius 3 is 2.60 bits per heavy atom. The van der Waals surface area contributed by atoms with Gasteiger partial charge in [-0.2, -0.15) is 0 Å². The Labute approximate surface area is 183 Å². The lowest BCUT2D eigenvalue weighted by Gasteiger charge is -2.35. The van der Waals surface area contributed by atoms with E-state index < -0.39 is 11.6 Å². The molecule has 1 aliphatic rings. The van der Waals surface area contributed by atoms with Crippen LogP contribution >= 0.6 is 11.6 Å². The fourth-order valence-electron chi connectivity index (χ4n) is 4.32. The van der Waals surface area contributed by atoms with Gasteiger partial charge in [0.15, 0.2) is 0 Å². The van der Waals surface area contributed by atoms with Crippen molar-refractivity contribution >= 4 is 34.6 Å². The van der Waals surface area contributed by atoms with E-state index in [2.05, 4.69) is 10.2 Å². The normalized spacial score (nSPS) is 17.8. The van der Waals surface area contributed by atoms with Gasteiger partial charge in [0.05, 0.1) is 23.8 Å². The Kier molecular flexibility index (Phi) is 6.91. The first-order chi connectivity index (χ1) is 14.2. The summed E-state index contributed by atoms with van der Waals surface area (Å²) in [4.78, 5) is 13.4. The van der Waals surface area contributed by atoms with Crippen LogP contribution in [0.4, 0.5) is 21.5 Å². The minimum Gasteiger partial charge on any atom is -0.481 e. The Hall–Kier alpha value is -2.27. The zero-order valence-electron chi connectivity index (χ0n) is 17.8. The van der Waals surface area contributed by atoms with Gasteiger partial charge in [-0.1, -0.05) is 24.6 Å². The summed E-state index contributed by atoms with van der Waals surface area (Å²) in [6, 6.07) is 13.2. The topological polar surface area (TPSA) is 52.6 Å². The van der Waals surface area contributed by atoms with Crippen molar-refractivity contribution < 1.29 is 14.3 Å². The van der Waals surface area contributed by atoms with Crippen LogP contribution in [0.2, 0.25) is 5.02 Å². The second-order valence-electron chi connectivity index (χ2n) is 8.53. The molecule has 30 heavy (non-hydrogen) atoms. The molecule has 1 saturated heterocycles. The number of halogens is 2. The predicted molar refractivity (Wildman–Crippen MR) is 122 cm³/mol. The van der Waals surface area contributed by atoms with Crippen molar-refractivity contribution in [3.05, 3.63) is 53.1 Å². The Morgan fingerprint density at radius 2 is 2.00 bits per heavy atom. The Bertz CT molecular complexity index is 880. The number of carbonyl (C=O) groups is 1. The molecule has 1 fully saturated rings. The van der Waals surface area contributed by atoms with E-state index in [0.717, 1.165) is 48.4 Å². The summed E-state index contributed by atoms with van der Waals surface area (Å²) >= 11 is 6.02. The number of anilines is 3.